The molecule has 0 fully saturated rings. The topological polar surface area (TPSA) is 3.24 Å². The minimum absolute atomic E-state index is 0.0233. The average Bonchev–Trinajstić information content (AvgIpc) is 3.67. The Hall–Kier alpha value is -5.88. The molecule has 0 saturated heterocycles. The van der Waals surface area contributed by atoms with Crippen molar-refractivity contribution in [1.29, 1.82) is 0 Å². The molecule has 0 spiro atoms. The third-order valence-electron chi connectivity index (χ3n) is 11.0. The van der Waals surface area contributed by atoms with Gasteiger partial charge >= 0.3 is 0 Å². The molecule has 1 heterocycles. The fourth-order valence-electron chi connectivity index (χ4n) is 8.40. The zero-order valence-corrected chi connectivity index (χ0v) is 29.5. The van der Waals surface area contributed by atoms with E-state index < -0.39 is 0 Å². The van der Waals surface area contributed by atoms with Gasteiger partial charge in [0.05, 0.1) is 10.4 Å². The van der Waals surface area contributed by atoms with Gasteiger partial charge in [0.25, 0.3) is 0 Å². The second kappa shape index (κ2) is 11.6. The fourth-order valence-corrected chi connectivity index (χ4v) is 9.43. The summed E-state index contributed by atoms with van der Waals surface area (Å²) >= 11 is 1.78. The van der Waals surface area contributed by atoms with Gasteiger partial charge in [0, 0.05) is 37.6 Å². The average molecular weight is 670 g/mol. The highest BCUT2D eigenvalue weighted by Gasteiger charge is 2.37. The maximum Gasteiger partial charge on any atom is 0.0857 e. The Kier molecular flexibility index (Phi) is 6.82. The number of fused-ring (bicyclic) bond motifs is 6. The van der Waals surface area contributed by atoms with Crippen molar-refractivity contribution in [2.75, 3.05) is 4.90 Å². The molecule has 1 nitrogen and oxygen atoms in total. The van der Waals surface area contributed by atoms with Crippen molar-refractivity contribution in [3.8, 4) is 22.3 Å². The summed E-state index contributed by atoms with van der Waals surface area (Å²) in [6.07, 6.45) is 6.97. The van der Waals surface area contributed by atoms with Crippen LogP contribution in [0.15, 0.2) is 157 Å². The van der Waals surface area contributed by atoms with Crippen LogP contribution in [0.3, 0.4) is 0 Å². The van der Waals surface area contributed by atoms with Crippen LogP contribution in [0, 0.1) is 12.1 Å². The van der Waals surface area contributed by atoms with E-state index >= 15 is 0 Å². The first-order valence-electron chi connectivity index (χ1n) is 17.8. The fraction of sp³-hybridized carbons (Fsp3) is 0.102. The lowest BCUT2D eigenvalue weighted by Crippen LogP contribution is -2.16. The number of thiophene rings is 1. The predicted molar refractivity (Wildman–Crippen MR) is 218 cm³/mol. The van der Waals surface area contributed by atoms with E-state index in [1.807, 2.05) is 6.07 Å². The van der Waals surface area contributed by atoms with Crippen LogP contribution in [0.2, 0.25) is 0 Å². The Balaban J connectivity index is 1.04. The molecule has 0 atom stereocenters. The largest absolute Gasteiger partial charge is 0.310 e. The Morgan fingerprint density at radius 3 is 2.16 bits per heavy atom. The van der Waals surface area contributed by atoms with Gasteiger partial charge in [-0.05, 0) is 123 Å². The lowest BCUT2D eigenvalue weighted by atomic mass is 9.79. The van der Waals surface area contributed by atoms with Crippen molar-refractivity contribution in [3.63, 3.8) is 0 Å². The van der Waals surface area contributed by atoms with Gasteiger partial charge in [0.1, 0.15) is 0 Å². The van der Waals surface area contributed by atoms with Crippen LogP contribution < -0.4 is 4.90 Å². The van der Waals surface area contributed by atoms with Gasteiger partial charge in [-0.2, -0.15) is 0 Å². The highest BCUT2D eigenvalue weighted by atomic mass is 32.1. The summed E-state index contributed by atoms with van der Waals surface area (Å²) in [4.78, 5) is 2.40. The smallest absolute Gasteiger partial charge is 0.0857 e. The number of hydrogen-bond acceptors (Lipinski definition) is 2. The zero-order valence-electron chi connectivity index (χ0n) is 28.7. The highest BCUT2D eigenvalue weighted by molar-refractivity contribution is 7.25. The quantitative estimate of drug-likeness (QED) is 0.176. The molecule has 0 unspecified atom stereocenters. The summed E-state index contributed by atoms with van der Waals surface area (Å²) in [5.41, 5.74) is 14.3. The van der Waals surface area contributed by atoms with Crippen LogP contribution in [0.25, 0.3) is 58.8 Å². The molecule has 0 aliphatic heterocycles. The van der Waals surface area contributed by atoms with Crippen molar-refractivity contribution in [2.24, 2.45) is 0 Å². The van der Waals surface area contributed by atoms with Crippen LogP contribution in [-0.2, 0) is 5.41 Å². The standard InChI is InChI=1S/C49H35NS/c1-49(2)44-15-7-5-13-40(44)41-28-22-36(31-45(41)49)33-20-26-38(27-21-33)50(46-16-9-11-34-10-3-4-12-39(34)46)37-24-18-32(19-25-37)35-23-29-48-43(30-35)42-14-6-8-17-47(42)51-48/h3-4,6-7,9-12,14-16,18-31H,5,13H2,1-2H3. The van der Waals surface area contributed by atoms with Crippen molar-refractivity contribution >= 4 is 64.9 Å². The van der Waals surface area contributed by atoms with Crippen LogP contribution >= 0.6 is 11.3 Å². The molecular weight excluding hydrogens is 635 g/mol. The summed E-state index contributed by atoms with van der Waals surface area (Å²) in [6.45, 7) is 4.76. The van der Waals surface area contributed by atoms with Crippen molar-refractivity contribution in [2.45, 2.75) is 32.1 Å². The van der Waals surface area contributed by atoms with E-state index in [2.05, 4.69) is 176 Å². The van der Waals surface area contributed by atoms with E-state index in [1.165, 1.54) is 70.8 Å². The van der Waals surface area contributed by atoms with E-state index in [4.69, 9.17) is 0 Å². The maximum atomic E-state index is 3.28. The molecule has 242 valence electrons. The van der Waals surface area contributed by atoms with Crippen LogP contribution in [0.4, 0.5) is 17.1 Å². The van der Waals surface area contributed by atoms with E-state index in [-0.39, 0.29) is 5.41 Å². The van der Waals surface area contributed by atoms with Gasteiger partial charge in [0.15, 0.2) is 0 Å². The second-order valence-electron chi connectivity index (χ2n) is 14.3. The number of anilines is 3. The van der Waals surface area contributed by atoms with Gasteiger partial charge in [-0.25, -0.2) is 0 Å². The van der Waals surface area contributed by atoms with Gasteiger partial charge in [-0.1, -0.05) is 117 Å². The lowest BCUT2D eigenvalue weighted by Gasteiger charge is -2.27. The molecule has 8 aromatic rings. The first kappa shape index (κ1) is 30.0. The predicted octanol–water partition coefficient (Wildman–Crippen LogP) is 14.0. The van der Waals surface area contributed by atoms with Gasteiger partial charge in [-0.15, -0.1) is 11.3 Å². The molecule has 0 amide bonds. The first-order valence-corrected chi connectivity index (χ1v) is 18.6. The summed E-state index contributed by atoms with van der Waals surface area (Å²) in [6, 6.07) is 57.8. The Morgan fingerprint density at radius 1 is 0.647 bits per heavy atom. The van der Waals surface area contributed by atoms with Gasteiger partial charge < -0.3 is 4.90 Å². The van der Waals surface area contributed by atoms with Crippen molar-refractivity contribution < 1.29 is 0 Å². The molecule has 10 rings (SSSR count). The molecule has 2 aliphatic rings. The molecule has 0 bridgehead atoms. The number of allylic oxidation sites excluding steroid dienone is 4. The van der Waals surface area contributed by atoms with Gasteiger partial charge in [0.2, 0.25) is 0 Å². The maximum absolute atomic E-state index is 3.28. The van der Waals surface area contributed by atoms with Crippen LogP contribution in [0.5, 0.6) is 0 Å². The van der Waals surface area contributed by atoms with Crippen LogP contribution in [0.1, 0.15) is 37.8 Å². The molecule has 0 saturated carbocycles. The molecule has 7 aromatic carbocycles. The van der Waals surface area contributed by atoms with E-state index in [0.29, 0.717) is 0 Å². The summed E-state index contributed by atoms with van der Waals surface area (Å²) in [5, 5.41) is 4.97. The summed E-state index contributed by atoms with van der Waals surface area (Å²) in [5.74, 6) is 0. The van der Waals surface area contributed by atoms with E-state index in [9.17, 15) is 0 Å². The minimum atomic E-state index is 0.0233. The minimum Gasteiger partial charge on any atom is -0.310 e. The number of rotatable bonds is 5. The Bertz CT molecular complexity index is 2700. The summed E-state index contributed by atoms with van der Waals surface area (Å²) < 4.78 is 2.44. The molecule has 0 radical (unpaired) electrons. The molecule has 0 N–H and O–H groups in total. The zero-order chi connectivity index (χ0) is 34.1. The Labute approximate surface area is 303 Å². The van der Waals surface area contributed by atoms with E-state index in [0.717, 1.165) is 34.6 Å². The number of hydrogen-bond donors (Lipinski definition) is 0. The van der Waals surface area contributed by atoms with Crippen molar-refractivity contribution in [1.82, 2.24) is 0 Å². The van der Waals surface area contributed by atoms with Crippen molar-refractivity contribution in [3.05, 3.63) is 181 Å². The highest BCUT2D eigenvalue weighted by Crippen LogP contribution is 2.51. The number of nitrogens with zero attached hydrogens (tertiary/aromatic N) is 1. The third-order valence-corrected chi connectivity index (χ3v) is 12.1. The normalized spacial score (nSPS) is 14.5. The molecule has 2 heteroatoms. The SMILES string of the molecule is CC1(C)C2=C(CCC=C2)c2ccc(-c3ccc(N(c4ccc(-c5ccc6sc7c#cccc7c6c5)cc4)c4cccc5ccccc45)cc3)cc21. The van der Waals surface area contributed by atoms with Crippen LogP contribution in [-0.4, -0.2) is 0 Å². The molecule has 2 aliphatic carbocycles. The second-order valence-corrected chi connectivity index (χ2v) is 15.4. The Morgan fingerprint density at radius 2 is 1.35 bits per heavy atom. The molecular formula is C49H35NS. The number of benzene rings is 6. The van der Waals surface area contributed by atoms with Gasteiger partial charge in [-0.3, -0.25) is 0 Å². The van der Waals surface area contributed by atoms with E-state index in [1.54, 1.807) is 11.3 Å². The lowest BCUT2D eigenvalue weighted by molar-refractivity contribution is 0.651. The molecule has 51 heavy (non-hydrogen) atoms. The summed E-state index contributed by atoms with van der Waals surface area (Å²) in [7, 11) is 0. The third kappa shape index (κ3) is 4.84. The first-order chi connectivity index (χ1) is 25.0. The monoisotopic (exact) mass is 669 g/mol. The molecule has 1 aromatic heterocycles.